The van der Waals surface area contributed by atoms with Crippen molar-refractivity contribution in [3.05, 3.63) is 10.6 Å². The number of rotatable bonds is 5. The standard InChI is InChI=1S/C14H28N2O2/c1-9-18-12(17)11(16-14(6,7)8)10(2)15-13(3,4)5/h10-11H,9H2,1-8H3/q-2/t10-,11+/m1/s1. The summed E-state index contributed by atoms with van der Waals surface area (Å²) in [5.41, 5.74) is -0.462. The van der Waals surface area contributed by atoms with Crippen LogP contribution in [0.25, 0.3) is 10.6 Å². The van der Waals surface area contributed by atoms with Gasteiger partial charge < -0.3 is 15.4 Å². The SMILES string of the molecule is CCOC(=O)[C@@H]([N-]C(C)(C)C)[C@@H](C)[N-]C(C)(C)C. The summed E-state index contributed by atoms with van der Waals surface area (Å²) in [5, 5.41) is 9.15. The molecule has 4 nitrogen and oxygen atoms in total. The zero-order chi connectivity index (χ0) is 14.6. The minimum Gasteiger partial charge on any atom is -0.656 e. The van der Waals surface area contributed by atoms with Gasteiger partial charge in [-0.1, -0.05) is 54.5 Å². The summed E-state index contributed by atoms with van der Waals surface area (Å²) in [7, 11) is 0. The van der Waals surface area contributed by atoms with Crippen LogP contribution < -0.4 is 0 Å². The number of ether oxygens (including phenoxy) is 1. The Bertz CT molecular complexity index is 264. The first-order valence-corrected chi connectivity index (χ1v) is 6.57. The predicted molar refractivity (Wildman–Crippen MR) is 76.1 cm³/mol. The minimum absolute atomic E-state index is 0.178. The topological polar surface area (TPSA) is 54.5 Å². The predicted octanol–water partition coefficient (Wildman–Crippen LogP) is 3.65. The summed E-state index contributed by atoms with van der Waals surface area (Å²) in [6, 6.07) is -0.701. The van der Waals surface area contributed by atoms with Gasteiger partial charge in [0.15, 0.2) is 0 Å². The average Bonchev–Trinajstić information content (AvgIpc) is 2.10. The highest BCUT2D eigenvalue weighted by Gasteiger charge is 2.17. The highest BCUT2D eigenvalue weighted by atomic mass is 16.5. The molecule has 0 amide bonds. The lowest BCUT2D eigenvalue weighted by atomic mass is 10.00. The third-order valence-corrected chi connectivity index (χ3v) is 2.10. The fraction of sp³-hybridized carbons (Fsp3) is 0.929. The van der Waals surface area contributed by atoms with Crippen LogP contribution in [-0.4, -0.2) is 35.7 Å². The van der Waals surface area contributed by atoms with Crippen molar-refractivity contribution in [1.82, 2.24) is 0 Å². The molecule has 18 heavy (non-hydrogen) atoms. The van der Waals surface area contributed by atoms with Crippen molar-refractivity contribution in [2.45, 2.75) is 78.6 Å². The molecule has 0 bridgehead atoms. The van der Waals surface area contributed by atoms with Crippen molar-refractivity contribution < 1.29 is 9.53 Å². The lowest BCUT2D eigenvalue weighted by Crippen LogP contribution is -2.39. The molecule has 0 aliphatic rings. The van der Waals surface area contributed by atoms with E-state index < -0.39 is 6.04 Å². The summed E-state index contributed by atoms with van der Waals surface area (Å²) in [4.78, 5) is 12.0. The summed E-state index contributed by atoms with van der Waals surface area (Å²) < 4.78 is 5.09. The van der Waals surface area contributed by atoms with E-state index >= 15 is 0 Å². The van der Waals surface area contributed by atoms with Crippen molar-refractivity contribution in [3.8, 4) is 0 Å². The van der Waals surface area contributed by atoms with Crippen LogP contribution in [-0.2, 0) is 9.53 Å². The molecule has 0 rings (SSSR count). The Labute approximate surface area is 112 Å². The summed E-state index contributed by atoms with van der Waals surface area (Å²) in [5.74, 6) is -0.284. The zero-order valence-electron chi connectivity index (χ0n) is 13.1. The molecule has 108 valence electrons. The quantitative estimate of drug-likeness (QED) is 0.705. The molecular formula is C14H28N2O2-2. The third kappa shape index (κ3) is 7.67. The van der Waals surface area contributed by atoms with Gasteiger partial charge in [0.1, 0.15) is 0 Å². The van der Waals surface area contributed by atoms with Gasteiger partial charge in [0.25, 0.3) is 5.97 Å². The number of nitrogens with zero attached hydrogens (tertiary/aromatic N) is 2. The number of hydrogen-bond acceptors (Lipinski definition) is 2. The lowest BCUT2D eigenvalue weighted by Gasteiger charge is -2.53. The Morgan fingerprint density at radius 3 is 1.83 bits per heavy atom. The molecule has 0 N–H and O–H groups in total. The van der Waals surface area contributed by atoms with Gasteiger partial charge in [0.2, 0.25) is 0 Å². The summed E-state index contributed by atoms with van der Waals surface area (Å²) in [6.45, 7) is 16.1. The fourth-order valence-corrected chi connectivity index (χ4v) is 1.68. The van der Waals surface area contributed by atoms with Gasteiger partial charge in [0.05, 0.1) is 6.61 Å². The Kier molecular flexibility index (Phi) is 6.30. The first kappa shape index (κ1) is 17.4. The summed E-state index contributed by atoms with van der Waals surface area (Å²) >= 11 is 0. The Hall–Kier alpha value is -0.610. The van der Waals surface area contributed by atoms with Crippen LogP contribution in [0.4, 0.5) is 0 Å². The molecule has 0 aromatic heterocycles. The van der Waals surface area contributed by atoms with Gasteiger partial charge in [0, 0.05) is 0 Å². The van der Waals surface area contributed by atoms with Crippen LogP contribution in [0.3, 0.4) is 0 Å². The van der Waals surface area contributed by atoms with E-state index in [1.165, 1.54) is 0 Å². The van der Waals surface area contributed by atoms with Gasteiger partial charge >= 0.3 is 0 Å². The van der Waals surface area contributed by atoms with E-state index in [1.807, 2.05) is 48.5 Å². The monoisotopic (exact) mass is 256 g/mol. The minimum atomic E-state index is -0.524. The number of hydrogen-bond donors (Lipinski definition) is 0. The van der Waals surface area contributed by atoms with E-state index in [-0.39, 0.29) is 23.1 Å². The van der Waals surface area contributed by atoms with E-state index in [9.17, 15) is 4.79 Å². The van der Waals surface area contributed by atoms with Crippen LogP contribution in [0.5, 0.6) is 0 Å². The largest absolute Gasteiger partial charge is 0.656 e. The van der Waals surface area contributed by atoms with E-state index in [4.69, 9.17) is 4.74 Å². The normalized spacial score (nSPS) is 16.2. The maximum atomic E-state index is 12.0. The molecule has 2 atom stereocenters. The third-order valence-electron chi connectivity index (χ3n) is 2.10. The first-order valence-electron chi connectivity index (χ1n) is 6.57. The first-order chi connectivity index (χ1) is 7.96. The van der Waals surface area contributed by atoms with E-state index in [0.717, 1.165) is 0 Å². The number of carbonyl (C=O) groups excluding carboxylic acids is 1. The van der Waals surface area contributed by atoms with Crippen LogP contribution in [0, 0.1) is 0 Å². The van der Waals surface area contributed by atoms with Crippen molar-refractivity contribution >= 4 is 5.97 Å². The summed E-state index contributed by atoms with van der Waals surface area (Å²) in [6.07, 6.45) is 0. The molecule has 0 aromatic carbocycles. The van der Waals surface area contributed by atoms with Crippen LogP contribution in [0.1, 0.15) is 55.4 Å². The lowest BCUT2D eigenvalue weighted by molar-refractivity contribution is -0.144. The Morgan fingerprint density at radius 2 is 1.50 bits per heavy atom. The van der Waals surface area contributed by atoms with E-state index in [0.29, 0.717) is 6.61 Å². The van der Waals surface area contributed by atoms with Gasteiger partial charge in [-0.05, 0) is 6.92 Å². The molecule has 0 fully saturated rings. The maximum Gasteiger partial charge on any atom is 0.286 e. The maximum absolute atomic E-state index is 12.0. The Balaban J connectivity index is 4.80. The van der Waals surface area contributed by atoms with Crippen LogP contribution in [0.15, 0.2) is 0 Å². The van der Waals surface area contributed by atoms with Crippen LogP contribution in [0.2, 0.25) is 0 Å². The molecule has 0 aliphatic carbocycles. The van der Waals surface area contributed by atoms with Crippen molar-refractivity contribution in [1.29, 1.82) is 0 Å². The fourth-order valence-electron chi connectivity index (χ4n) is 1.68. The van der Waals surface area contributed by atoms with Gasteiger partial charge in [-0.15, -0.1) is 17.1 Å². The van der Waals surface area contributed by atoms with Crippen molar-refractivity contribution in [2.24, 2.45) is 0 Å². The highest BCUT2D eigenvalue weighted by Crippen LogP contribution is 2.28. The molecule has 0 aromatic rings. The van der Waals surface area contributed by atoms with Gasteiger partial charge in [-0.25, -0.2) is 0 Å². The molecule has 0 heterocycles. The molecule has 0 saturated heterocycles. The zero-order valence-corrected chi connectivity index (χ0v) is 13.1. The van der Waals surface area contributed by atoms with Crippen molar-refractivity contribution in [2.75, 3.05) is 6.61 Å². The second-order valence-electron chi connectivity index (χ2n) is 6.54. The molecular weight excluding hydrogens is 228 g/mol. The van der Waals surface area contributed by atoms with Crippen molar-refractivity contribution in [3.63, 3.8) is 0 Å². The molecule has 0 spiro atoms. The van der Waals surface area contributed by atoms with Crippen LogP contribution >= 0.6 is 0 Å². The van der Waals surface area contributed by atoms with Gasteiger partial charge in [-0.3, -0.25) is 4.79 Å². The molecule has 0 unspecified atom stereocenters. The number of carbonyl (C=O) groups is 1. The number of esters is 1. The highest BCUT2D eigenvalue weighted by molar-refractivity contribution is 5.80. The molecule has 0 aliphatic heterocycles. The second kappa shape index (κ2) is 6.53. The van der Waals surface area contributed by atoms with Gasteiger partial charge in [-0.2, -0.15) is 0 Å². The Morgan fingerprint density at radius 1 is 1.06 bits per heavy atom. The molecule has 0 saturated carbocycles. The van der Waals surface area contributed by atoms with E-state index in [1.54, 1.807) is 6.92 Å². The second-order valence-corrected chi connectivity index (χ2v) is 6.54. The smallest absolute Gasteiger partial charge is 0.286 e. The van der Waals surface area contributed by atoms with E-state index in [2.05, 4.69) is 10.6 Å². The average molecular weight is 256 g/mol. The molecule has 4 heteroatoms. The molecule has 0 radical (unpaired) electrons.